The summed E-state index contributed by atoms with van der Waals surface area (Å²) in [5.74, 6) is 0.981. The number of hydrogen-bond acceptors (Lipinski definition) is 3. The van der Waals surface area contributed by atoms with E-state index in [9.17, 15) is 0 Å². The lowest BCUT2D eigenvalue weighted by Gasteiger charge is -2.36. The van der Waals surface area contributed by atoms with Gasteiger partial charge in [-0.2, -0.15) is 0 Å². The zero-order chi connectivity index (χ0) is 16.8. The Bertz CT molecular complexity index is 555. The van der Waals surface area contributed by atoms with E-state index in [0.717, 1.165) is 58.2 Å². The molecule has 1 aromatic carbocycles. The third-order valence-electron chi connectivity index (χ3n) is 4.70. The zero-order valence-electron chi connectivity index (χ0n) is 14.8. The number of rotatable bonds is 4. The first kappa shape index (κ1) is 17.2. The van der Waals surface area contributed by atoms with Crippen molar-refractivity contribution >= 4 is 5.96 Å². The number of hydrogen-bond donors (Lipinski definition) is 1. The van der Waals surface area contributed by atoms with Crippen LogP contribution in [0.4, 0.5) is 0 Å². The van der Waals surface area contributed by atoms with Gasteiger partial charge < -0.3 is 19.7 Å². The van der Waals surface area contributed by atoms with Crippen molar-refractivity contribution in [3.8, 4) is 0 Å². The standard InChI is InChI=1S/C19H29N3O2/c1-3-20-19(21-13-16-8-6-11-23-16)22-10-12-24-18(14-22)17-9-5-4-7-15(17)2/h4-5,7,9,16,18H,3,6,8,10-14H2,1-2H3,(H,20,21). The fraction of sp³-hybridized carbons (Fsp3) is 0.632. The zero-order valence-corrected chi connectivity index (χ0v) is 14.8. The van der Waals surface area contributed by atoms with Gasteiger partial charge in [-0.1, -0.05) is 24.3 Å². The van der Waals surface area contributed by atoms with Crippen molar-refractivity contribution in [3.63, 3.8) is 0 Å². The fourth-order valence-corrected chi connectivity index (χ4v) is 3.38. The Balaban J connectivity index is 1.68. The van der Waals surface area contributed by atoms with Gasteiger partial charge in [-0.05, 0) is 37.8 Å². The van der Waals surface area contributed by atoms with Gasteiger partial charge in [0.15, 0.2) is 5.96 Å². The first-order valence-corrected chi connectivity index (χ1v) is 9.10. The van der Waals surface area contributed by atoms with Gasteiger partial charge in [-0.15, -0.1) is 0 Å². The predicted octanol–water partition coefficient (Wildman–Crippen LogP) is 2.51. The molecule has 2 atom stereocenters. The Morgan fingerprint density at radius 3 is 2.92 bits per heavy atom. The number of aliphatic imine (C=N–C) groups is 1. The van der Waals surface area contributed by atoms with Crippen molar-refractivity contribution < 1.29 is 9.47 Å². The average molecular weight is 331 g/mol. The minimum absolute atomic E-state index is 0.103. The van der Waals surface area contributed by atoms with Crippen LogP contribution < -0.4 is 5.32 Å². The van der Waals surface area contributed by atoms with Crippen LogP contribution in [-0.4, -0.2) is 56.4 Å². The molecule has 3 rings (SSSR count). The highest BCUT2D eigenvalue weighted by Gasteiger charge is 2.25. The van der Waals surface area contributed by atoms with E-state index in [0.29, 0.717) is 0 Å². The molecule has 1 aromatic rings. The van der Waals surface area contributed by atoms with Gasteiger partial charge in [0.25, 0.3) is 0 Å². The van der Waals surface area contributed by atoms with E-state index in [4.69, 9.17) is 14.5 Å². The van der Waals surface area contributed by atoms with E-state index < -0.39 is 0 Å². The Hall–Kier alpha value is -1.59. The molecule has 2 aliphatic heterocycles. The van der Waals surface area contributed by atoms with Crippen molar-refractivity contribution in [1.29, 1.82) is 0 Å². The topological polar surface area (TPSA) is 46.1 Å². The molecule has 132 valence electrons. The number of morpholine rings is 1. The molecule has 0 aliphatic carbocycles. The molecule has 2 aliphatic rings. The highest BCUT2D eigenvalue weighted by molar-refractivity contribution is 5.80. The third-order valence-corrected chi connectivity index (χ3v) is 4.70. The molecule has 0 aromatic heterocycles. The largest absolute Gasteiger partial charge is 0.376 e. The van der Waals surface area contributed by atoms with Crippen LogP contribution in [0.1, 0.15) is 37.0 Å². The van der Waals surface area contributed by atoms with E-state index in [1.807, 2.05) is 0 Å². The van der Waals surface area contributed by atoms with Gasteiger partial charge in [0.2, 0.25) is 0 Å². The molecule has 2 saturated heterocycles. The summed E-state index contributed by atoms with van der Waals surface area (Å²) >= 11 is 0. The van der Waals surface area contributed by atoms with Crippen LogP contribution in [0, 0.1) is 6.92 Å². The van der Waals surface area contributed by atoms with E-state index in [2.05, 4.69) is 48.3 Å². The summed E-state index contributed by atoms with van der Waals surface area (Å²) in [5.41, 5.74) is 2.56. The molecule has 5 heteroatoms. The molecule has 0 radical (unpaired) electrons. The van der Waals surface area contributed by atoms with Crippen molar-refractivity contribution in [1.82, 2.24) is 10.2 Å². The molecule has 0 saturated carbocycles. The number of ether oxygens (including phenoxy) is 2. The second kappa shape index (κ2) is 8.49. The monoisotopic (exact) mass is 331 g/mol. The summed E-state index contributed by atoms with van der Waals surface area (Å²) < 4.78 is 11.7. The van der Waals surface area contributed by atoms with E-state index in [1.54, 1.807) is 0 Å². The lowest BCUT2D eigenvalue weighted by molar-refractivity contribution is -0.00842. The van der Waals surface area contributed by atoms with Gasteiger partial charge in [0.1, 0.15) is 6.10 Å². The van der Waals surface area contributed by atoms with E-state index in [-0.39, 0.29) is 12.2 Å². The SMILES string of the molecule is CCNC(=NCC1CCCO1)N1CCOC(c2ccccc2C)C1. The number of nitrogens with zero attached hydrogens (tertiary/aromatic N) is 2. The van der Waals surface area contributed by atoms with Crippen molar-refractivity contribution in [2.45, 2.75) is 38.9 Å². The van der Waals surface area contributed by atoms with Gasteiger partial charge >= 0.3 is 0 Å². The normalized spacial score (nSPS) is 25.1. The quantitative estimate of drug-likeness (QED) is 0.680. The van der Waals surface area contributed by atoms with E-state index in [1.165, 1.54) is 11.1 Å². The molecule has 2 heterocycles. The third kappa shape index (κ3) is 4.28. The molecule has 1 N–H and O–H groups in total. The minimum Gasteiger partial charge on any atom is -0.376 e. The summed E-state index contributed by atoms with van der Waals surface area (Å²) in [7, 11) is 0. The van der Waals surface area contributed by atoms with Gasteiger partial charge in [0.05, 0.1) is 25.8 Å². The summed E-state index contributed by atoms with van der Waals surface area (Å²) in [6.45, 7) is 9.19. The second-order valence-corrected chi connectivity index (χ2v) is 6.49. The van der Waals surface area contributed by atoms with Crippen LogP contribution in [0.2, 0.25) is 0 Å². The molecule has 0 bridgehead atoms. The van der Waals surface area contributed by atoms with Crippen molar-refractivity contribution in [2.75, 3.05) is 39.4 Å². The van der Waals surface area contributed by atoms with Crippen molar-refractivity contribution in [2.24, 2.45) is 4.99 Å². The molecule has 0 spiro atoms. The summed E-state index contributed by atoms with van der Waals surface area (Å²) in [4.78, 5) is 7.14. The highest BCUT2D eigenvalue weighted by Crippen LogP contribution is 2.25. The number of nitrogens with one attached hydrogen (secondary N) is 1. The maximum absolute atomic E-state index is 6.03. The Labute approximate surface area is 145 Å². The lowest BCUT2D eigenvalue weighted by atomic mass is 10.0. The smallest absolute Gasteiger partial charge is 0.194 e. The fourth-order valence-electron chi connectivity index (χ4n) is 3.38. The average Bonchev–Trinajstić information content (AvgIpc) is 3.13. The first-order valence-electron chi connectivity index (χ1n) is 9.10. The molecule has 2 unspecified atom stereocenters. The molecule has 0 amide bonds. The molecular formula is C19H29N3O2. The number of guanidine groups is 1. The predicted molar refractivity (Wildman–Crippen MR) is 96.4 cm³/mol. The van der Waals surface area contributed by atoms with Crippen LogP contribution in [0.15, 0.2) is 29.3 Å². The van der Waals surface area contributed by atoms with Crippen LogP contribution in [0.5, 0.6) is 0 Å². The lowest BCUT2D eigenvalue weighted by Crippen LogP contribution is -2.48. The Kier molecular flexibility index (Phi) is 6.10. The molecule has 2 fully saturated rings. The van der Waals surface area contributed by atoms with Crippen LogP contribution in [0.3, 0.4) is 0 Å². The van der Waals surface area contributed by atoms with Crippen LogP contribution in [0.25, 0.3) is 0 Å². The summed E-state index contributed by atoms with van der Waals surface area (Å²) in [6.07, 6.45) is 2.67. The second-order valence-electron chi connectivity index (χ2n) is 6.49. The first-order chi connectivity index (χ1) is 11.8. The van der Waals surface area contributed by atoms with Crippen LogP contribution >= 0.6 is 0 Å². The maximum Gasteiger partial charge on any atom is 0.194 e. The number of benzene rings is 1. The van der Waals surface area contributed by atoms with Gasteiger partial charge in [-0.3, -0.25) is 4.99 Å². The maximum atomic E-state index is 6.03. The summed E-state index contributed by atoms with van der Waals surface area (Å²) in [6, 6.07) is 8.47. The molecular weight excluding hydrogens is 302 g/mol. The molecule has 5 nitrogen and oxygen atoms in total. The van der Waals surface area contributed by atoms with Crippen molar-refractivity contribution in [3.05, 3.63) is 35.4 Å². The summed E-state index contributed by atoms with van der Waals surface area (Å²) in [5, 5.41) is 3.43. The minimum atomic E-state index is 0.103. The van der Waals surface area contributed by atoms with Crippen LogP contribution in [-0.2, 0) is 9.47 Å². The Morgan fingerprint density at radius 1 is 1.29 bits per heavy atom. The number of aryl methyl sites for hydroxylation is 1. The van der Waals surface area contributed by atoms with E-state index >= 15 is 0 Å². The highest BCUT2D eigenvalue weighted by atomic mass is 16.5. The van der Waals surface area contributed by atoms with Gasteiger partial charge in [-0.25, -0.2) is 0 Å². The van der Waals surface area contributed by atoms with Gasteiger partial charge in [0, 0.05) is 19.7 Å². The molecule has 24 heavy (non-hydrogen) atoms. The Morgan fingerprint density at radius 2 is 2.17 bits per heavy atom.